The van der Waals surface area contributed by atoms with Gasteiger partial charge in [0, 0.05) is 31.4 Å². The van der Waals surface area contributed by atoms with Gasteiger partial charge in [-0.05, 0) is 56.5 Å². The molecule has 2 aliphatic rings. The zero-order valence-electron chi connectivity index (χ0n) is 20.9. The molecule has 1 amide bonds. The van der Waals surface area contributed by atoms with Crippen LogP contribution in [-0.4, -0.2) is 58.7 Å². The van der Waals surface area contributed by atoms with Crippen LogP contribution in [-0.2, 0) is 14.3 Å². The van der Waals surface area contributed by atoms with E-state index >= 15 is 0 Å². The van der Waals surface area contributed by atoms with Crippen molar-refractivity contribution in [3.8, 4) is 22.6 Å². The van der Waals surface area contributed by atoms with Gasteiger partial charge in [0.05, 0.1) is 35.7 Å². The summed E-state index contributed by atoms with van der Waals surface area (Å²) in [7, 11) is 0. The van der Waals surface area contributed by atoms with Crippen molar-refractivity contribution in [3.63, 3.8) is 0 Å². The third kappa shape index (κ3) is 5.40. The van der Waals surface area contributed by atoms with E-state index in [1.165, 1.54) is 18.6 Å². The molecule has 9 nitrogen and oxygen atoms in total. The first-order chi connectivity index (χ1) is 18.0. The number of hydrogen-bond donors (Lipinski definition) is 2. The van der Waals surface area contributed by atoms with E-state index in [1.807, 2.05) is 6.07 Å². The first kappa shape index (κ1) is 25.0. The monoisotopic (exact) mass is 506 g/mol. The number of rotatable bonds is 7. The minimum absolute atomic E-state index is 0.162. The Kier molecular flexibility index (Phi) is 7.29. The van der Waals surface area contributed by atoms with Crippen LogP contribution in [0.5, 0.6) is 0 Å². The van der Waals surface area contributed by atoms with Crippen LogP contribution in [0.2, 0.25) is 0 Å². The second kappa shape index (κ2) is 10.8. The number of nitrogens with zero attached hydrogens (tertiary/aromatic N) is 4. The molecule has 0 bridgehead atoms. The largest absolute Gasteiger partial charge is 0.352 e. The predicted octanol–water partition coefficient (Wildman–Crippen LogP) is 4.02. The molecule has 5 rings (SSSR count). The van der Waals surface area contributed by atoms with Crippen LogP contribution in [0.3, 0.4) is 0 Å². The average Bonchev–Trinajstić information content (AvgIpc) is 3.38. The second-order valence-electron chi connectivity index (χ2n) is 9.66. The number of carbonyl (C=O) groups is 1. The van der Waals surface area contributed by atoms with Crippen molar-refractivity contribution in [2.45, 2.75) is 32.5 Å². The predicted molar refractivity (Wildman–Crippen MR) is 137 cm³/mol. The van der Waals surface area contributed by atoms with Crippen molar-refractivity contribution in [3.05, 3.63) is 60.8 Å². The van der Waals surface area contributed by atoms with Crippen molar-refractivity contribution < 1.29 is 18.7 Å². The van der Waals surface area contributed by atoms with Gasteiger partial charge < -0.3 is 24.7 Å². The SMILES string of the molecule is C=CCNC(=O)C1(C)COC(c2nc(-c3ccc(F)cc3)c(-c3ccnc(N4CCCCC4)n3)[nH]2)OC1. The number of halogens is 1. The van der Waals surface area contributed by atoms with Gasteiger partial charge >= 0.3 is 0 Å². The lowest BCUT2D eigenvalue weighted by Gasteiger charge is -2.35. The topological polar surface area (TPSA) is 105 Å². The molecule has 194 valence electrons. The Labute approximate surface area is 215 Å². The summed E-state index contributed by atoms with van der Waals surface area (Å²) < 4.78 is 25.6. The van der Waals surface area contributed by atoms with E-state index < -0.39 is 11.7 Å². The Morgan fingerprint density at radius 2 is 1.92 bits per heavy atom. The molecule has 0 radical (unpaired) electrons. The number of anilines is 1. The number of ether oxygens (including phenoxy) is 2. The van der Waals surface area contributed by atoms with E-state index in [2.05, 4.69) is 26.8 Å². The summed E-state index contributed by atoms with van der Waals surface area (Å²) in [5, 5.41) is 2.80. The molecule has 0 spiro atoms. The third-order valence-corrected chi connectivity index (χ3v) is 6.66. The second-order valence-corrected chi connectivity index (χ2v) is 9.66. The van der Waals surface area contributed by atoms with Gasteiger partial charge in [-0.1, -0.05) is 6.08 Å². The number of aromatic nitrogens is 4. The van der Waals surface area contributed by atoms with Gasteiger partial charge in [-0.2, -0.15) is 0 Å². The van der Waals surface area contributed by atoms with Crippen molar-refractivity contribution >= 4 is 11.9 Å². The van der Waals surface area contributed by atoms with Gasteiger partial charge in [-0.3, -0.25) is 4.79 Å². The van der Waals surface area contributed by atoms with Gasteiger partial charge in [0.25, 0.3) is 0 Å². The normalized spacial score (nSPS) is 22.0. The number of imidazole rings is 1. The van der Waals surface area contributed by atoms with Gasteiger partial charge in [-0.25, -0.2) is 19.3 Å². The summed E-state index contributed by atoms with van der Waals surface area (Å²) in [6.45, 7) is 7.96. The minimum Gasteiger partial charge on any atom is -0.352 e. The van der Waals surface area contributed by atoms with Crippen molar-refractivity contribution in [1.82, 2.24) is 25.3 Å². The molecule has 2 saturated heterocycles. The van der Waals surface area contributed by atoms with E-state index in [9.17, 15) is 9.18 Å². The lowest BCUT2D eigenvalue weighted by atomic mass is 9.91. The van der Waals surface area contributed by atoms with E-state index in [0.717, 1.165) is 31.5 Å². The standard InChI is InChI=1S/C27H31FN6O3/c1-3-12-29-25(35)27(2)16-36-24(37-17-27)23-32-21(18-7-9-19(28)10-8-18)22(33-23)20-11-13-30-26(31-20)34-14-5-4-6-15-34/h3,7-11,13,24H,1,4-6,12,14-17H2,2H3,(H,29,35)(H,32,33). The van der Waals surface area contributed by atoms with Crippen LogP contribution in [0.4, 0.5) is 10.3 Å². The molecule has 4 heterocycles. The first-order valence-electron chi connectivity index (χ1n) is 12.5. The summed E-state index contributed by atoms with van der Waals surface area (Å²) >= 11 is 0. The number of aromatic amines is 1. The lowest BCUT2D eigenvalue weighted by molar-refractivity contribution is -0.230. The number of benzene rings is 1. The number of hydrogen-bond acceptors (Lipinski definition) is 7. The summed E-state index contributed by atoms with van der Waals surface area (Å²) in [5.74, 6) is 0.624. The summed E-state index contributed by atoms with van der Waals surface area (Å²) in [4.78, 5) is 32.2. The molecular formula is C27H31FN6O3. The van der Waals surface area contributed by atoms with Gasteiger partial charge in [-0.15, -0.1) is 6.58 Å². The summed E-state index contributed by atoms with van der Waals surface area (Å²) in [6, 6.07) is 7.96. The number of carbonyl (C=O) groups excluding carboxylic acids is 1. The summed E-state index contributed by atoms with van der Waals surface area (Å²) in [6.07, 6.45) is 6.01. The maximum atomic E-state index is 13.7. The smallest absolute Gasteiger partial charge is 0.230 e. The molecule has 0 atom stereocenters. The Balaban J connectivity index is 1.44. The Morgan fingerprint density at radius 3 is 2.62 bits per heavy atom. The molecule has 0 aliphatic carbocycles. The quantitative estimate of drug-likeness (QED) is 0.467. The first-order valence-corrected chi connectivity index (χ1v) is 12.5. The fourth-order valence-corrected chi connectivity index (χ4v) is 4.52. The van der Waals surface area contributed by atoms with Crippen LogP contribution < -0.4 is 10.2 Å². The van der Waals surface area contributed by atoms with E-state index in [1.54, 1.807) is 31.3 Å². The van der Waals surface area contributed by atoms with Gasteiger partial charge in [0.1, 0.15) is 5.82 Å². The molecule has 2 fully saturated rings. The Bertz CT molecular complexity index is 1250. The fraction of sp³-hybridized carbons (Fsp3) is 0.407. The number of amides is 1. The maximum absolute atomic E-state index is 13.7. The highest BCUT2D eigenvalue weighted by Crippen LogP contribution is 2.36. The van der Waals surface area contributed by atoms with Gasteiger partial charge in [0.15, 0.2) is 5.82 Å². The minimum atomic E-state index is -0.829. The zero-order valence-corrected chi connectivity index (χ0v) is 20.9. The highest BCUT2D eigenvalue weighted by atomic mass is 19.1. The molecule has 0 unspecified atom stereocenters. The maximum Gasteiger partial charge on any atom is 0.230 e. The zero-order chi connectivity index (χ0) is 25.8. The van der Waals surface area contributed by atoms with Crippen LogP contribution in [0.25, 0.3) is 22.6 Å². The highest BCUT2D eigenvalue weighted by Gasteiger charge is 2.40. The number of nitrogens with one attached hydrogen (secondary N) is 2. The third-order valence-electron chi connectivity index (χ3n) is 6.66. The van der Waals surface area contributed by atoms with Crippen LogP contribution in [0.1, 0.15) is 38.3 Å². The van der Waals surface area contributed by atoms with E-state index in [-0.39, 0.29) is 24.9 Å². The highest BCUT2D eigenvalue weighted by molar-refractivity contribution is 5.82. The Hall–Kier alpha value is -3.63. The van der Waals surface area contributed by atoms with Crippen molar-refractivity contribution in [1.29, 1.82) is 0 Å². The molecule has 0 saturated carbocycles. The lowest BCUT2D eigenvalue weighted by Crippen LogP contribution is -2.48. The average molecular weight is 507 g/mol. The van der Waals surface area contributed by atoms with E-state index in [0.29, 0.717) is 35.4 Å². The fourth-order valence-electron chi connectivity index (χ4n) is 4.52. The molecule has 37 heavy (non-hydrogen) atoms. The summed E-state index contributed by atoms with van der Waals surface area (Å²) in [5.41, 5.74) is 1.82. The van der Waals surface area contributed by atoms with Crippen LogP contribution in [0.15, 0.2) is 49.2 Å². The van der Waals surface area contributed by atoms with Crippen molar-refractivity contribution in [2.24, 2.45) is 5.41 Å². The van der Waals surface area contributed by atoms with Gasteiger partial charge in [0.2, 0.25) is 18.1 Å². The molecule has 2 aromatic heterocycles. The number of piperidine rings is 1. The Morgan fingerprint density at radius 1 is 1.19 bits per heavy atom. The van der Waals surface area contributed by atoms with Crippen LogP contribution in [0, 0.1) is 11.2 Å². The molecule has 1 aromatic carbocycles. The molecule has 2 aliphatic heterocycles. The molecule has 10 heteroatoms. The molecule has 2 N–H and O–H groups in total. The van der Waals surface area contributed by atoms with E-state index in [4.69, 9.17) is 19.4 Å². The molecular weight excluding hydrogens is 475 g/mol. The van der Waals surface area contributed by atoms with Crippen LogP contribution >= 0.6 is 0 Å². The number of H-pyrrole nitrogens is 1. The molecule has 3 aromatic rings. The van der Waals surface area contributed by atoms with Crippen molar-refractivity contribution in [2.75, 3.05) is 37.7 Å².